The highest BCUT2D eigenvalue weighted by molar-refractivity contribution is 5.77. The summed E-state index contributed by atoms with van der Waals surface area (Å²) in [6, 6.07) is 5.69. The van der Waals surface area contributed by atoms with Gasteiger partial charge in [-0.1, -0.05) is 6.07 Å². The lowest BCUT2D eigenvalue weighted by Crippen LogP contribution is -2.42. The van der Waals surface area contributed by atoms with Crippen LogP contribution in [0.2, 0.25) is 0 Å². The van der Waals surface area contributed by atoms with Crippen molar-refractivity contribution in [3.05, 3.63) is 35.7 Å². The molecule has 0 radical (unpaired) electrons. The molecule has 0 aliphatic carbocycles. The Morgan fingerprint density at radius 2 is 2.13 bits per heavy atom. The van der Waals surface area contributed by atoms with E-state index in [0.29, 0.717) is 12.4 Å². The van der Waals surface area contributed by atoms with Crippen LogP contribution in [0.1, 0.15) is 24.1 Å². The van der Waals surface area contributed by atoms with E-state index in [9.17, 15) is 4.79 Å². The zero-order valence-corrected chi connectivity index (χ0v) is 13.5. The number of hydrogen-bond acceptors (Lipinski definition) is 5. The van der Waals surface area contributed by atoms with Gasteiger partial charge in [-0.25, -0.2) is 9.97 Å². The number of rotatable bonds is 3. The van der Waals surface area contributed by atoms with Gasteiger partial charge in [-0.3, -0.25) is 9.78 Å². The summed E-state index contributed by atoms with van der Waals surface area (Å²) in [6.45, 7) is 5.49. The topological polar surface area (TPSA) is 85.0 Å². The van der Waals surface area contributed by atoms with E-state index in [-0.39, 0.29) is 11.8 Å². The average Bonchev–Trinajstić information content (AvgIpc) is 2.58. The van der Waals surface area contributed by atoms with Crippen LogP contribution in [-0.4, -0.2) is 33.9 Å². The first-order valence-electron chi connectivity index (χ1n) is 7.87. The third-order valence-electron chi connectivity index (χ3n) is 4.38. The Morgan fingerprint density at radius 3 is 2.83 bits per heavy atom. The van der Waals surface area contributed by atoms with Gasteiger partial charge in [0.2, 0.25) is 5.91 Å². The van der Waals surface area contributed by atoms with Crippen LogP contribution >= 0.6 is 0 Å². The summed E-state index contributed by atoms with van der Waals surface area (Å²) in [5.41, 5.74) is 8.20. The number of anilines is 1. The van der Waals surface area contributed by atoms with Crippen molar-refractivity contribution in [3.8, 4) is 11.5 Å². The molecule has 2 aromatic rings. The summed E-state index contributed by atoms with van der Waals surface area (Å²) < 4.78 is 0. The summed E-state index contributed by atoms with van der Waals surface area (Å²) in [4.78, 5) is 27.3. The number of nitrogens with two attached hydrogens (primary N) is 1. The molecular weight excluding hydrogens is 290 g/mol. The molecule has 120 valence electrons. The Morgan fingerprint density at radius 1 is 1.30 bits per heavy atom. The lowest BCUT2D eigenvalue weighted by molar-refractivity contribution is -0.122. The third-order valence-corrected chi connectivity index (χ3v) is 4.38. The number of nitrogens with zero attached hydrogens (tertiary/aromatic N) is 4. The molecule has 3 rings (SSSR count). The molecule has 6 nitrogen and oxygen atoms in total. The maximum Gasteiger partial charge on any atom is 0.222 e. The van der Waals surface area contributed by atoms with Crippen molar-refractivity contribution in [2.75, 3.05) is 18.0 Å². The number of hydrogen-bond donors (Lipinski definition) is 1. The van der Waals surface area contributed by atoms with Crippen molar-refractivity contribution in [3.63, 3.8) is 0 Å². The van der Waals surface area contributed by atoms with Gasteiger partial charge < -0.3 is 10.6 Å². The van der Waals surface area contributed by atoms with Crippen molar-refractivity contribution in [1.82, 2.24) is 15.0 Å². The fourth-order valence-corrected chi connectivity index (χ4v) is 2.93. The number of pyridine rings is 1. The molecule has 1 fully saturated rings. The van der Waals surface area contributed by atoms with E-state index in [0.717, 1.165) is 42.2 Å². The van der Waals surface area contributed by atoms with Crippen LogP contribution in [0.3, 0.4) is 0 Å². The van der Waals surface area contributed by atoms with E-state index < -0.39 is 0 Å². The Kier molecular flexibility index (Phi) is 4.23. The zero-order chi connectivity index (χ0) is 16.4. The molecule has 2 aromatic heterocycles. The smallest absolute Gasteiger partial charge is 0.222 e. The van der Waals surface area contributed by atoms with Crippen molar-refractivity contribution in [1.29, 1.82) is 0 Å². The van der Waals surface area contributed by atoms with Gasteiger partial charge >= 0.3 is 0 Å². The van der Waals surface area contributed by atoms with Crippen molar-refractivity contribution in [2.24, 2.45) is 11.7 Å². The highest BCUT2D eigenvalue weighted by Gasteiger charge is 2.26. The first kappa shape index (κ1) is 15.4. The van der Waals surface area contributed by atoms with Gasteiger partial charge in [0.05, 0.1) is 5.92 Å². The Balaban J connectivity index is 1.98. The summed E-state index contributed by atoms with van der Waals surface area (Å²) >= 11 is 0. The van der Waals surface area contributed by atoms with E-state index in [2.05, 4.69) is 14.9 Å². The van der Waals surface area contributed by atoms with Gasteiger partial charge in [0.15, 0.2) is 5.82 Å². The van der Waals surface area contributed by atoms with Crippen LogP contribution in [0.4, 0.5) is 5.82 Å². The quantitative estimate of drug-likeness (QED) is 0.935. The minimum Gasteiger partial charge on any atom is -0.369 e. The van der Waals surface area contributed by atoms with Crippen molar-refractivity contribution >= 4 is 11.7 Å². The number of piperidine rings is 1. The SMILES string of the molecule is Cc1nc(-c2ccccn2)nc(N2CCC[C@H](C(N)=O)C2)c1C. The molecule has 23 heavy (non-hydrogen) atoms. The largest absolute Gasteiger partial charge is 0.369 e. The monoisotopic (exact) mass is 311 g/mol. The molecule has 1 amide bonds. The molecule has 6 heteroatoms. The first-order chi connectivity index (χ1) is 11.1. The first-order valence-corrected chi connectivity index (χ1v) is 7.87. The summed E-state index contributed by atoms with van der Waals surface area (Å²) in [7, 11) is 0. The van der Waals surface area contributed by atoms with Gasteiger partial charge in [-0.05, 0) is 38.8 Å². The van der Waals surface area contributed by atoms with Gasteiger partial charge in [-0.2, -0.15) is 0 Å². The fourth-order valence-electron chi connectivity index (χ4n) is 2.93. The molecule has 0 bridgehead atoms. The van der Waals surface area contributed by atoms with Gasteiger partial charge in [-0.15, -0.1) is 0 Å². The summed E-state index contributed by atoms with van der Waals surface area (Å²) in [5, 5.41) is 0. The summed E-state index contributed by atoms with van der Waals surface area (Å²) in [5.74, 6) is 1.15. The molecule has 1 saturated heterocycles. The maximum absolute atomic E-state index is 11.5. The van der Waals surface area contributed by atoms with E-state index >= 15 is 0 Å². The molecule has 1 aliphatic rings. The third kappa shape index (κ3) is 3.16. The molecule has 1 aliphatic heterocycles. The van der Waals surface area contributed by atoms with Crippen LogP contribution in [0, 0.1) is 19.8 Å². The lowest BCUT2D eigenvalue weighted by Gasteiger charge is -2.33. The second-order valence-corrected chi connectivity index (χ2v) is 5.98. The number of aromatic nitrogens is 3. The molecule has 2 N–H and O–H groups in total. The molecule has 0 spiro atoms. The number of amides is 1. The predicted molar refractivity (Wildman–Crippen MR) is 88.9 cm³/mol. The zero-order valence-electron chi connectivity index (χ0n) is 13.5. The number of aryl methyl sites for hydroxylation is 1. The van der Waals surface area contributed by atoms with E-state index in [4.69, 9.17) is 10.7 Å². The van der Waals surface area contributed by atoms with Crippen LogP contribution in [0.25, 0.3) is 11.5 Å². The van der Waals surface area contributed by atoms with Gasteiger partial charge in [0.25, 0.3) is 0 Å². The Labute approximate surface area is 135 Å². The lowest BCUT2D eigenvalue weighted by atomic mass is 9.97. The molecular formula is C17H21N5O. The maximum atomic E-state index is 11.5. The molecule has 3 heterocycles. The second kappa shape index (κ2) is 6.32. The van der Waals surface area contributed by atoms with Crippen LogP contribution in [0.5, 0.6) is 0 Å². The Bertz CT molecular complexity index is 716. The van der Waals surface area contributed by atoms with Gasteiger partial charge in [0.1, 0.15) is 11.5 Å². The molecule has 1 atom stereocenters. The van der Waals surface area contributed by atoms with E-state index in [1.54, 1.807) is 6.20 Å². The van der Waals surface area contributed by atoms with Crippen molar-refractivity contribution < 1.29 is 4.79 Å². The normalized spacial score (nSPS) is 18.0. The fraction of sp³-hybridized carbons (Fsp3) is 0.412. The van der Waals surface area contributed by atoms with Crippen LogP contribution < -0.4 is 10.6 Å². The number of primary amides is 1. The Hall–Kier alpha value is -2.50. The highest BCUT2D eigenvalue weighted by Crippen LogP contribution is 2.27. The van der Waals surface area contributed by atoms with Crippen LogP contribution in [0.15, 0.2) is 24.4 Å². The predicted octanol–water partition coefficient (Wildman–Crippen LogP) is 1.86. The van der Waals surface area contributed by atoms with Crippen molar-refractivity contribution in [2.45, 2.75) is 26.7 Å². The highest BCUT2D eigenvalue weighted by atomic mass is 16.1. The minimum atomic E-state index is -0.233. The molecule has 0 unspecified atom stereocenters. The van der Waals surface area contributed by atoms with Crippen LogP contribution in [-0.2, 0) is 4.79 Å². The minimum absolute atomic E-state index is 0.114. The number of carbonyl (C=O) groups is 1. The molecule has 0 saturated carbocycles. The van der Waals surface area contributed by atoms with E-state index in [1.165, 1.54) is 0 Å². The molecule has 0 aromatic carbocycles. The average molecular weight is 311 g/mol. The van der Waals surface area contributed by atoms with E-state index in [1.807, 2.05) is 32.0 Å². The summed E-state index contributed by atoms with van der Waals surface area (Å²) in [6.07, 6.45) is 3.52. The van der Waals surface area contributed by atoms with Gasteiger partial charge in [0, 0.05) is 30.5 Å². The second-order valence-electron chi connectivity index (χ2n) is 5.98. The standard InChI is InChI=1S/C17H21N5O/c1-11-12(2)20-16(14-7-3-4-8-19-14)21-17(11)22-9-5-6-13(10-22)15(18)23/h3-4,7-8,13H,5-6,9-10H2,1-2H3,(H2,18,23)/t13-/m0/s1. The number of carbonyl (C=O) groups excluding carboxylic acids is 1.